The van der Waals surface area contributed by atoms with Crippen molar-refractivity contribution in [3.05, 3.63) is 114 Å². The predicted octanol–water partition coefficient (Wildman–Crippen LogP) is 4.85. The van der Waals surface area contributed by atoms with E-state index in [0.29, 0.717) is 11.1 Å². The van der Waals surface area contributed by atoms with Gasteiger partial charge in [0.05, 0.1) is 16.6 Å². The number of hydrogen-bond donors (Lipinski definition) is 0. The highest BCUT2D eigenvalue weighted by Gasteiger charge is 2.12. The molecule has 0 aliphatic carbocycles. The maximum Gasteiger partial charge on any atom is 0.386 e. The van der Waals surface area contributed by atoms with Gasteiger partial charge < -0.3 is 0 Å². The van der Waals surface area contributed by atoms with Gasteiger partial charge in [-0.25, -0.2) is 19.4 Å². The zero-order valence-electron chi connectivity index (χ0n) is 14.9. The van der Waals surface area contributed by atoms with Gasteiger partial charge in [-0.15, -0.1) is 0 Å². The van der Waals surface area contributed by atoms with Crippen LogP contribution < -0.4 is 0 Å². The fourth-order valence-corrected chi connectivity index (χ4v) is 2.34. The van der Waals surface area contributed by atoms with E-state index >= 15 is 0 Å². The third-order valence-electron chi connectivity index (χ3n) is 3.72. The summed E-state index contributed by atoms with van der Waals surface area (Å²) in [7, 11) is 0. The van der Waals surface area contributed by atoms with Crippen LogP contribution in [0.25, 0.3) is 10.9 Å². The molecule has 4 rings (SSSR count). The van der Waals surface area contributed by atoms with E-state index in [4.69, 9.17) is 0 Å². The minimum atomic E-state index is -0.708. The minimum absolute atomic E-state index is 0.318. The number of pyridine rings is 1. The van der Waals surface area contributed by atoms with Crippen molar-refractivity contribution < 1.29 is 19.4 Å². The van der Waals surface area contributed by atoms with E-state index in [9.17, 15) is 9.59 Å². The van der Waals surface area contributed by atoms with Gasteiger partial charge in [0.25, 0.3) is 0 Å². The molecule has 1 aromatic heterocycles. The van der Waals surface area contributed by atoms with Gasteiger partial charge in [-0.05, 0) is 36.4 Å². The third kappa shape index (κ3) is 5.25. The molecule has 0 spiro atoms. The molecule has 0 atom stereocenters. The predicted molar refractivity (Wildman–Crippen MR) is 105 cm³/mol. The molecule has 0 unspecified atom stereocenters. The first-order chi connectivity index (χ1) is 13.7. The summed E-state index contributed by atoms with van der Waals surface area (Å²) in [5, 5.41) is 1.20. The average molecular weight is 371 g/mol. The molecule has 0 saturated carbocycles. The number of nitrogens with zero attached hydrogens (tertiary/aromatic N) is 1. The molecule has 0 amide bonds. The standard InChI is InChI=1S/C14H10O4.C9H7N/c15-13(11-7-3-1-4-8-11)17-18-14(16)12-9-5-2-6-10-12;1-2-6-9-8(4-1)5-3-7-10-9/h1-10H;1-7H. The summed E-state index contributed by atoms with van der Waals surface area (Å²) in [6, 6.07) is 28.7. The molecule has 4 aromatic rings. The Morgan fingerprint density at radius 1 is 0.571 bits per heavy atom. The highest BCUT2D eigenvalue weighted by Crippen LogP contribution is 2.08. The van der Waals surface area contributed by atoms with Crippen LogP contribution in [0, 0.1) is 0 Å². The number of rotatable bonds is 2. The summed E-state index contributed by atoms with van der Waals surface area (Å²) < 4.78 is 0. The zero-order chi connectivity index (χ0) is 19.6. The number of hydrogen-bond acceptors (Lipinski definition) is 5. The van der Waals surface area contributed by atoms with Gasteiger partial charge in [0.1, 0.15) is 0 Å². The molecule has 28 heavy (non-hydrogen) atoms. The lowest BCUT2D eigenvalue weighted by molar-refractivity contribution is -0.187. The number of fused-ring (bicyclic) bond motifs is 1. The number of benzene rings is 3. The fourth-order valence-electron chi connectivity index (χ4n) is 2.34. The molecule has 3 aromatic carbocycles. The first kappa shape index (κ1) is 18.8. The maximum absolute atomic E-state index is 11.5. The van der Waals surface area contributed by atoms with Crippen molar-refractivity contribution >= 4 is 22.8 Å². The molecular weight excluding hydrogens is 354 g/mol. The van der Waals surface area contributed by atoms with Crippen molar-refractivity contribution in [3.8, 4) is 0 Å². The van der Waals surface area contributed by atoms with Crippen LogP contribution in [0.5, 0.6) is 0 Å². The second kappa shape index (κ2) is 9.64. The molecule has 5 heteroatoms. The molecule has 1 heterocycles. The molecule has 0 fully saturated rings. The first-order valence-corrected chi connectivity index (χ1v) is 8.57. The lowest BCUT2D eigenvalue weighted by Gasteiger charge is -2.02. The third-order valence-corrected chi connectivity index (χ3v) is 3.72. The van der Waals surface area contributed by atoms with Crippen LogP contribution in [0.3, 0.4) is 0 Å². The lowest BCUT2D eigenvalue weighted by Crippen LogP contribution is -2.11. The molecule has 0 N–H and O–H groups in total. The van der Waals surface area contributed by atoms with Crippen molar-refractivity contribution in [1.29, 1.82) is 0 Å². The summed E-state index contributed by atoms with van der Waals surface area (Å²) in [6.07, 6.45) is 1.81. The van der Waals surface area contributed by atoms with E-state index in [2.05, 4.69) is 26.9 Å². The summed E-state index contributed by atoms with van der Waals surface area (Å²) >= 11 is 0. The van der Waals surface area contributed by atoms with Crippen LogP contribution in [0.1, 0.15) is 20.7 Å². The maximum atomic E-state index is 11.5. The van der Waals surface area contributed by atoms with Crippen LogP contribution in [-0.4, -0.2) is 16.9 Å². The second-order valence-electron chi connectivity index (χ2n) is 5.67. The summed E-state index contributed by atoms with van der Waals surface area (Å²) in [5.41, 5.74) is 1.70. The van der Waals surface area contributed by atoms with Gasteiger partial charge in [0.2, 0.25) is 0 Å². The fraction of sp³-hybridized carbons (Fsp3) is 0. The van der Waals surface area contributed by atoms with E-state index < -0.39 is 11.9 Å². The van der Waals surface area contributed by atoms with Gasteiger partial charge >= 0.3 is 11.9 Å². The SMILES string of the molecule is O=C(OOC(=O)c1ccccc1)c1ccccc1.c1ccc2ncccc2c1. The topological polar surface area (TPSA) is 65.5 Å². The summed E-state index contributed by atoms with van der Waals surface area (Å²) in [4.78, 5) is 36.1. The second-order valence-corrected chi connectivity index (χ2v) is 5.67. The number of aromatic nitrogens is 1. The monoisotopic (exact) mass is 371 g/mol. The lowest BCUT2D eigenvalue weighted by atomic mass is 10.2. The van der Waals surface area contributed by atoms with Crippen LogP contribution >= 0.6 is 0 Å². The molecule has 0 bridgehead atoms. The zero-order valence-corrected chi connectivity index (χ0v) is 14.9. The quantitative estimate of drug-likeness (QED) is 0.372. The Morgan fingerprint density at radius 2 is 1.04 bits per heavy atom. The smallest absolute Gasteiger partial charge is 0.256 e. The summed E-state index contributed by atoms with van der Waals surface area (Å²) in [6.45, 7) is 0. The van der Waals surface area contributed by atoms with Crippen molar-refractivity contribution in [1.82, 2.24) is 4.98 Å². The highest BCUT2D eigenvalue weighted by atomic mass is 17.2. The van der Waals surface area contributed by atoms with Crippen LogP contribution in [0.2, 0.25) is 0 Å². The molecule has 0 radical (unpaired) electrons. The van der Waals surface area contributed by atoms with Crippen molar-refractivity contribution in [3.63, 3.8) is 0 Å². The van der Waals surface area contributed by atoms with E-state index in [1.54, 1.807) is 60.7 Å². The van der Waals surface area contributed by atoms with Crippen LogP contribution in [-0.2, 0) is 9.78 Å². The number of para-hydroxylation sites is 1. The van der Waals surface area contributed by atoms with Gasteiger partial charge in [-0.1, -0.05) is 60.7 Å². The van der Waals surface area contributed by atoms with E-state index in [-0.39, 0.29) is 0 Å². The van der Waals surface area contributed by atoms with Crippen LogP contribution in [0.4, 0.5) is 0 Å². The molecule has 138 valence electrons. The van der Waals surface area contributed by atoms with Gasteiger partial charge in [0, 0.05) is 11.6 Å². The molecule has 0 saturated heterocycles. The Kier molecular flexibility index (Phi) is 6.47. The van der Waals surface area contributed by atoms with E-state index in [1.807, 2.05) is 30.5 Å². The largest absolute Gasteiger partial charge is 0.386 e. The molecular formula is C23H17NO4. The normalized spacial score (nSPS) is 9.71. The molecule has 0 aliphatic heterocycles. The number of carbonyl (C=O) groups is 2. The minimum Gasteiger partial charge on any atom is -0.256 e. The summed E-state index contributed by atoms with van der Waals surface area (Å²) in [5.74, 6) is -1.42. The molecule has 5 nitrogen and oxygen atoms in total. The van der Waals surface area contributed by atoms with Crippen molar-refractivity contribution in [2.45, 2.75) is 0 Å². The average Bonchev–Trinajstić information content (AvgIpc) is 2.79. The van der Waals surface area contributed by atoms with Gasteiger partial charge in [-0.3, -0.25) is 4.98 Å². The molecule has 0 aliphatic rings. The van der Waals surface area contributed by atoms with Gasteiger partial charge in [0.15, 0.2) is 0 Å². The Bertz CT molecular complexity index is 933. The number of carbonyl (C=O) groups excluding carboxylic acids is 2. The van der Waals surface area contributed by atoms with Gasteiger partial charge in [-0.2, -0.15) is 0 Å². The Morgan fingerprint density at radius 3 is 1.57 bits per heavy atom. The Balaban J connectivity index is 0.000000188. The van der Waals surface area contributed by atoms with E-state index in [1.165, 1.54) is 5.39 Å². The van der Waals surface area contributed by atoms with Crippen LogP contribution in [0.15, 0.2) is 103 Å². The highest BCUT2D eigenvalue weighted by molar-refractivity contribution is 5.92. The van der Waals surface area contributed by atoms with E-state index in [0.717, 1.165) is 5.52 Å². The first-order valence-electron chi connectivity index (χ1n) is 8.57. The van der Waals surface area contributed by atoms with Crippen molar-refractivity contribution in [2.75, 3.05) is 0 Å². The Labute approximate surface area is 162 Å². The Hall–Kier alpha value is -3.99. The van der Waals surface area contributed by atoms with Crippen molar-refractivity contribution in [2.24, 2.45) is 0 Å².